The maximum atomic E-state index is 6.07. The Balaban J connectivity index is 2.02. The number of hydrogen-bond acceptors (Lipinski definition) is 2. The molecule has 0 aromatic carbocycles. The van der Waals surface area contributed by atoms with Gasteiger partial charge in [0.25, 0.3) is 0 Å². The summed E-state index contributed by atoms with van der Waals surface area (Å²) in [5.41, 5.74) is 0.200. The highest BCUT2D eigenvalue weighted by atomic mass is 16.5. The van der Waals surface area contributed by atoms with Gasteiger partial charge < -0.3 is 10.1 Å². The molecule has 0 amide bonds. The Kier molecular flexibility index (Phi) is 1.92. The van der Waals surface area contributed by atoms with Crippen molar-refractivity contribution in [3.63, 3.8) is 0 Å². The smallest absolute Gasteiger partial charge is 0.0836 e. The molecule has 1 N–H and O–H groups in total. The van der Waals surface area contributed by atoms with Gasteiger partial charge in [0.05, 0.1) is 11.7 Å². The quantitative estimate of drug-likeness (QED) is 0.594. The predicted molar refractivity (Wildman–Crippen MR) is 49.1 cm³/mol. The van der Waals surface area contributed by atoms with Crippen molar-refractivity contribution in [3.05, 3.63) is 0 Å². The van der Waals surface area contributed by atoms with Crippen LogP contribution in [0, 0.1) is 5.92 Å². The summed E-state index contributed by atoms with van der Waals surface area (Å²) in [5.74, 6) is 0.750. The fourth-order valence-corrected chi connectivity index (χ4v) is 2.21. The van der Waals surface area contributed by atoms with Gasteiger partial charge in [-0.15, -0.1) is 0 Å². The van der Waals surface area contributed by atoms with Crippen LogP contribution < -0.4 is 5.32 Å². The first-order valence-corrected chi connectivity index (χ1v) is 5.05. The van der Waals surface area contributed by atoms with Gasteiger partial charge in [0, 0.05) is 12.6 Å². The fourth-order valence-electron chi connectivity index (χ4n) is 2.21. The van der Waals surface area contributed by atoms with E-state index in [-0.39, 0.29) is 5.60 Å². The van der Waals surface area contributed by atoms with Gasteiger partial charge in [0.2, 0.25) is 0 Å². The van der Waals surface area contributed by atoms with Crippen LogP contribution in [0.4, 0.5) is 0 Å². The topological polar surface area (TPSA) is 21.3 Å². The number of rotatable bonds is 0. The second-order valence-electron chi connectivity index (χ2n) is 4.50. The van der Waals surface area contributed by atoms with Gasteiger partial charge in [-0.25, -0.2) is 0 Å². The molecule has 0 bridgehead atoms. The summed E-state index contributed by atoms with van der Waals surface area (Å²) in [7, 11) is 0. The summed E-state index contributed by atoms with van der Waals surface area (Å²) in [6.07, 6.45) is 2.96. The maximum Gasteiger partial charge on any atom is 0.0836 e. The maximum absolute atomic E-state index is 6.07. The summed E-state index contributed by atoms with van der Waals surface area (Å²) in [4.78, 5) is 0. The first-order chi connectivity index (χ1) is 5.64. The van der Waals surface area contributed by atoms with Crippen LogP contribution in [-0.2, 0) is 4.74 Å². The molecule has 1 saturated heterocycles. The molecule has 0 aromatic heterocycles. The number of nitrogens with one attached hydrogen (secondary N) is 1. The van der Waals surface area contributed by atoms with Gasteiger partial charge in [-0.1, -0.05) is 6.92 Å². The summed E-state index contributed by atoms with van der Waals surface area (Å²) < 4.78 is 6.07. The Hall–Kier alpha value is -0.0800. The number of ether oxygens (including phenoxy) is 1. The summed E-state index contributed by atoms with van der Waals surface area (Å²) in [6, 6.07) is 0.517. The average molecular weight is 169 g/mol. The highest BCUT2D eigenvalue weighted by Crippen LogP contribution is 2.43. The van der Waals surface area contributed by atoms with Gasteiger partial charge in [0.1, 0.15) is 0 Å². The van der Waals surface area contributed by atoms with E-state index in [2.05, 4.69) is 26.1 Å². The first kappa shape index (κ1) is 8.52. The van der Waals surface area contributed by atoms with E-state index in [1.807, 2.05) is 0 Å². The standard InChI is InChI=1S/C10H19NO/c1-7-4-5-10(7)6-11-8(2)9(3)12-10/h7-9,11H,4-6H2,1-3H3. The molecular weight excluding hydrogens is 150 g/mol. The molecule has 1 aliphatic heterocycles. The van der Waals surface area contributed by atoms with Crippen molar-refractivity contribution in [1.82, 2.24) is 5.32 Å². The molecule has 4 unspecified atom stereocenters. The van der Waals surface area contributed by atoms with E-state index in [1.54, 1.807) is 0 Å². The molecule has 2 nitrogen and oxygen atoms in total. The molecule has 1 spiro atoms. The minimum absolute atomic E-state index is 0.200. The second kappa shape index (κ2) is 2.71. The van der Waals surface area contributed by atoms with Crippen molar-refractivity contribution in [2.45, 2.75) is 51.4 Å². The van der Waals surface area contributed by atoms with Gasteiger partial charge in [0.15, 0.2) is 0 Å². The first-order valence-electron chi connectivity index (χ1n) is 5.05. The molecule has 0 aromatic rings. The minimum atomic E-state index is 0.200. The summed E-state index contributed by atoms with van der Waals surface area (Å²) in [5, 5.41) is 3.53. The van der Waals surface area contributed by atoms with Crippen LogP contribution in [0.2, 0.25) is 0 Å². The fraction of sp³-hybridized carbons (Fsp3) is 1.00. The van der Waals surface area contributed by atoms with Gasteiger partial charge >= 0.3 is 0 Å². The molecule has 0 radical (unpaired) electrons. The zero-order valence-electron chi connectivity index (χ0n) is 8.26. The van der Waals surface area contributed by atoms with Crippen LogP contribution in [-0.4, -0.2) is 24.3 Å². The van der Waals surface area contributed by atoms with Crippen LogP contribution in [0.15, 0.2) is 0 Å². The summed E-state index contributed by atoms with van der Waals surface area (Å²) >= 11 is 0. The molecule has 1 saturated carbocycles. The Labute approximate surface area is 74.7 Å². The van der Waals surface area contributed by atoms with Crippen LogP contribution in [0.5, 0.6) is 0 Å². The zero-order chi connectivity index (χ0) is 8.77. The molecule has 1 heterocycles. The Morgan fingerprint density at radius 1 is 1.33 bits per heavy atom. The van der Waals surface area contributed by atoms with Gasteiger partial charge in [-0.2, -0.15) is 0 Å². The highest BCUT2D eigenvalue weighted by molar-refractivity contribution is 5.01. The van der Waals surface area contributed by atoms with Crippen molar-refractivity contribution < 1.29 is 4.74 Å². The van der Waals surface area contributed by atoms with Crippen molar-refractivity contribution in [2.75, 3.05) is 6.54 Å². The summed E-state index contributed by atoms with van der Waals surface area (Å²) in [6.45, 7) is 7.72. The predicted octanol–water partition coefficient (Wildman–Crippen LogP) is 1.55. The van der Waals surface area contributed by atoms with E-state index in [4.69, 9.17) is 4.74 Å². The number of hydrogen-bond donors (Lipinski definition) is 1. The molecule has 1 aliphatic carbocycles. The van der Waals surface area contributed by atoms with Gasteiger partial charge in [-0.3, -0.25) is 0 Å². The van der Waals surface area contributed by atoms with Crippen molar-refractivity contribution in [1.29, 1.82) is 0 Å². The third kappa shape index (κ3) is 1.09. The van der Waals surface area contributed by atoms with E-state index >= 15 is 0 Å². The van der Waals surface area contributed by atoms with Gasteiger partial charge in [-0.05, 0) is 32.6 Å². The van der Waals surface area contributed by atoms with Crippen LogP contribution in [0.1, 0.15) is 33.6 Å². The van der Waals surface area contributed by atoms with E-state index in [0.717, 1.165) is 12.5 Å². The van der Waals surface area contributed by atoms with Crippen LogP contribution in [0.25, 0.3) is 0 Å². The third-order valence-electron chi connectivity index (χ3n) is 3.75. The molecule has 2 rings (SSSR count). The van der Waals surface area contributed by atoms with Crippen LogP contribution >= 0.6 is 0 Å². The van der Waals surface area contributed by atoms with E-state index in [0.29, 0.717) is 12.1 Å². The Bertz CT molecular complexity index is 183. The zero-order valence-corrected chi connectivity index (χ0v) is 8.26. The largest absolute Gasteiger partial charge is 0.369 e. The highest BCUT2D eigenvalue weighted by Gasteiger charge is 2.48. The lowest BCUT2D eigenvalue weighted by Crippen LogP contribution is -2.64. The van der Waals surface area contributed by atoms with E-state index in [9.17, 15) is 0 Å². The van der Waals surface area contributed by atoms with Crippen molar-refractivity contribution >= 4 is 0 Å². The normalized spacial score (nSPS) is 53.8. The Morgan fingerprint density at radius 3 is 2.50 bits per heavy atom. The molecule has 2 aliphatic rings. The molecule has 12 heavy (non-hydrogen) atoms. The van der Waals surface area contributed by atoms with Crippen molar-refractivity contribution in [3.8, 4) is 0 Å². The lowest BCUT2D eigenvalue weighted by atomic mass is 9.69. The van der Waals surface area contributed by atoms with Crippen molar-refractivity contribution in [2.24, 2.45) is 5.92 Å². The molecule has 2 heteroatoms. The second-order valence-corrected chi connectivity index (χ2v) is 4.50. The monoisotopic (exact) mass is 169 g/mol. The minimum Gasteiger partial charge on any atom is -0.369 e. The lowest BCUT2D eigenvalue weighted by molar-refractivity contribution is -0.195. The molecule has 2 fully saturated rings. The lowest BCUT2D eigenvalue weighted by Gasteiger charge is -2.53. The molecule has 70 valence electrons. The Morgan fingerprint density at radius 2 is 2.08 bits per heavy atom. The number of morpholine rings is 1. The molecular formula is C10H19NO. The molecule has 4 atom stereocenters. The SMILES string of the molecule is CC1NCC2(CCC2C)OC1C. The van der Waals surface area contributed by atoms with E-state index < -0.39 is 0 Å². The van der Waals surface area contributed by atoms with Crippen LogP contribution in [0.3, 0.4) is 0 Å². The third-order valence-corrected chi connectivity index (χ3v) is 3.75. The average Bonchev–Trinajstić information content (AvgIpc) is 2.07. The van der Waals surface area contributed by atoms with E-state index in [1.165, 1.54) is 12.8 Å².